The summed E-state index contributed by atoms with van der Waals surface area (Å²) in [5.41, 5.74) is 0.810. The fourth-order valence-electron chi connectivity index (χ4n) is 2.49. The van der Waals surface area contributed by atoms with E-state index in [1.54, 1.807) is 49.4 Å². The Bertz CT molecular complexity index is 1050. The highest BCUT2D eigenvalue weighted by Crippen LogP contribution is 2.25. The lowest BCUT2D eigenvalue weighted by molar-refractivity contribution is 0.0911. The maximum absolute atomic E-state index is 12.4. The van der Waals surface area contributed by atoms with Crippen LogP contribution in [0.25, 0.3) is 0 Å². The van der Waals surface area contributed by atoms with Gasteiger partial charge in [-0.3, -0.25) is 9.52 Å². The van der Waals surface area contributed by atoms with Crippen molar-refractivity contribution >= 4 is 32.4 Å². The minimum Gasteiger partial charge on any atom is -0.387 e. The molecule has 1 unspecified atom stereocenters. The third kappa shape index (κ3) is 4.75. The summed E-state index contributed by atoms with van der Waals surface area (Å²) in [5.74, 6) is -0.478. The number of thiazole rings is 1. The van der Waals surface area contributed by atoms with Crippen molar-refractivity contribution < 1.29 is 18.3 Å². The molecule has 0 spiro atoms. The van der Waals surface area contributed by atoms with Crippen LogP contribution in [0.3, 0.4) is 0 Å². The van der Waals surface area contributed by atoms with Crippen LogP contribution in [0.2, 0.25) is 0 Å². The van der Waals surface area contributed by atoms with Crippen molar-refractivity contribution in [2.24, 2.45) is 0 Å². The van der Waals surface area contributed by atoms with Gasteiger partial charge >= 0.3 is 0 Å². The SMILES string of the molecule is Cc1sc(NS(=O)(=O)c2ccccc2)nc1C(=O)NCC(O)c1ccccc1. The van der Waals surface area contributed by atoms with Crippen molar-refractivity contribution in [1.29, 1.82) is 0 Å². The smallest absolute Gasteiger partial charge is 0.271 e. The Balaban J connectivity index is 1.67. The molecular formula is C19H19N3O4S2. The third-order valence-electron chi connectivity index (χ3n) is 3.93. The van der Waals surface area contributed by atoms with Gasteiger partial charge in [0.15, 0.2) is 5.13 Å². The van der Waals surface area contributed by atoms with Crippen molar-refractivity contribution in [3.63, 3.8) is 0 Å². The number of nitrogens with one attached hydrogen (secondary N) is 2. The van der Waals surface area contributed by atoms with Crippen molar-refractivity contribution in [1.82, 2.24) is 10.3 Å². The maximum atomic E-state index is 12.4. The Hall–Kier alpha value is -2.75. The van der Waals surface area contributed by atoms with E-state index in [0.29, 0.717) is 10.4 Å². The van der Waals surface area contributed by atoms with E-state index in [1.165, 1.54) is 12.1 Å². The first-order chi connectivity index (χ1) is 13.4. The summed E-state index contributed by atoms with van der Waals surface area (Å²) >= 11 is 1.07. The van der Waals surface area contributed by atoms with Gasteiger partial charge in [0.05, 0.1) is 11.0 Å². The normalized spacial score (nSPS) is 12.4. The number of carbonyl (C=O) groups excluding carboxylic acids is 1. The van der Waals surface area contributed by atoms with Gasteiger partial charge in [-0.15, -0.1) is 11.3 Å². The number of hydrogen-bond acceptors (Lipinski definition) is 6. The molecule has 3 rings (SSSR count). The van der Waals surface area contributed by atoms with Gasteiger partial charge in [-0.2, -0.15) is 0 Å². The predicted octanol–water partition coefficient (Wildman–Crippen LogP) is 2.72. The Morgan fingerprint density at radius 1 is 1.11 bits per heavy atom. The molecule has 9 heteroatoms. The standard InChI is InChI=1S/C19H19N3O4S2/c1-13-17(18(24)20-12-16(23)14-8-4-2-5-9-14)21-19(27-13)22-28(25,26)15-10-6-3-7-11-15/h2-11,16,23H,12H2,1H3,(H,20,24)(H,21,22). The molecule has 3 aromatic rings. The average molecular weight is 418 g/mol. The largest absolute Gasteiger partial charge is 0.387 e. The summed E-state index contributed by atoms with van der Waals surface area (Å²) in [5, 5.41) is 12.9. The van der Waals surface area contributed by atoms with Crippen LogP contribution in [0, 0.1) is 6.92 Å². The molecule has 0 aliphatic heterocycles. The molecular weight excluding hydrogens is 398 g/mol. The Kier molecular flexibility index (Phi) is 6.08. The molecule has 0 saturated carbocycles. The number of rotatable bonds is 7. The van der Waals surface area contributed by atoms with Crippen LogP contribution in [0.15, 0.2) is 65.6 Å². The van der Waals surface area contributed by atoms with Crippen LogP contribution in [-0.2, 0) is 10.0 Å². The minimum absolute atomic E-state index is 0.0187. The predicted molar refractivity (Wildman–Crippen MR) is 108 cm³/mol. The number of anilines is 1. The molecule has 0 aliphatic carbocycles. The zero-order chi connectivity index (χ0) is 20.1. The van der Waals surface area contributed by atoms with E-state index in [0.717, 1.165) is 11.3 Å². The zero-order valence-corrected chi connectivity index (χ0v) is 16.6. The van der Waals surface area contributed by atoms with E-state index < -0.39 is 22.0 Å². The van der Waals surface area contributed by atoms with Crippen molar-refractivity contribution in [3.8, 4) is 0 Å². The lowest BCUT2D eigenvalue weighted by Gasteiger charge is -2.11. The van der Waals surface area contributed by atoms with Gasteiger partial charge in [-0.25, -0.2) is 13.4 Å². The highest BCUT2D eigenvalue weighted by atomic mass is 32.2. The molecule has 0 fully saturated rings. The first-order valence-electron chi connectivity index (χ1n) is 8.43. The number of carbonyl (C=O) groups is 1. The monoisotopic (exact) mass is 417 g/mol. The average Bonchev–Trinajstić information content (AvgIpc) is 3.06. The van der Waals surface area contributed by atoms with Gasteiger partial charge in [0.2, 0.25) is 0 Å². The van der Waals surface area contributed by atoms with E-state index in [1.807, 2.05) is 6.07 Å². The van der Waals surface area contributed by atoms with E-state index in [-0.39, 0.29) is 22.3 Å². The van der Waals surface area contributed by atoms with Gasteiger partial charge in [-0.1, -0.05) is 48.5 Å². The number of aliphatic hydroxyl groups excluding tert-OH is 1. The molecule has 1 aromatic heterocycles. The first kappa shape index (κ1) is 20.0. The van der Waals surface area contributed by atoms with Crippen LogP contribution >= 0.6 is 11.3 Å². The van der Waals surface area contributed by atoms with E-state index in [2.05, 4.69) is 15.0 Å². The number of sulfonamides is 1. The highest BCUT2D eigenvalue weighted by Gasteiger charge is 2.20. The number of benzene rings is 2. The van der Waals surface area contributed by atoms with Crippen LogP contribution in [0.4, 0.5) is 5.13 Å². The fraction of sp³-hybridized carbons (Fsp3) is 0.158. The topological polar surface area (TPSA) is 108 Å². The van der Waals surface area contributed by atoms with Gasteiger partial charge in [0.1, 0.15) is 5.69 Å². The van der Waals surface area contributed by atoms with Crippen LogP contribution < -0.4 is 10.0 Å². The molecule has 28 heavy (non-hydrogen) atoms. The molecule has 3 N–H and O–H groups in total. The fourth-order valence-corrected chi connectivity index (χ4v) is 4.56. The Morgan fingerprint density at radius 2 is 1.71 bits per heavy atom. The summed E-state index contributed by atoms with van der Waals surface area (Å²) in [6, 6.07) is 16.9. The summed E-state index contributed by atoms with van der Waals surface area (Å²) in [6.07, 6.45) is -0.847. The highest BCUT2D eigenvalue weighted by molar-refractivity contribution is 7.93. The molecule has 146 valence electrons. The molecule has 0 saturated heterocycles. The first-order valence-corrected chi connectivity index (χ1v) is 10.7. The maximum Gasteiger partial charge on any atom is 0.271 e. The summed E-state index contributed by atoms with van der Waals surface area (Å²) in [7, 11) is -3.78. The second-order valence-corrected chi connectivity index (χ2v) is 8.86. The van der Waals surface area contributed by atoms with Crippen LogP contribution in [0.1, 0.15) is 27.0 Å². The molecule has 7 nitrogen and oxygen atoms in total. The number of nitrogens with zero attached hydrogens (tertiary/aromatic N) is 1. The van der Waals surface area contributed by atoms with Gasteiger partial charge < -0.3 is 10.4 Å². The van der Waals surface area contributed by atoms with Crippen LogP contribution in [-0.4, -0.2) is 31.0 Å². The lowest BCUT2D eigenvalue weighted by atomic mass is 10.1. The second kappa shape index (κ2) is 8.51. The quantitative estimate of drug-likeness (QED) is 0.548. The number of aliphatic hydroxyl groups is 1. The number of amides is 1. The molecule has 0 bridgehead atoms. The molecule has 1 atom stereocenters. The minimum atomic E-state index is -3.78. The van der Waals surface area contributed by atoms with Crippen molar-refractivity contribution in [3.05, 3.63) is 76.8 Å². The number of aryl methyl sites for hydroxylation is 1. The summed E-state index contributed by atoms with van der Waals surface area (Å²) < 4.78 is 27.2. The van der Waals surface area contributed by atoms with Crippen molar-refractivity contribution in [2.75, 3.05) is 11.3 Å². The molecule has 1 amide bonds. The Labute approximate surface area is 167 Å². The van der Waals surface area contributed by atoms with Gasteiger partial charge in [-0.05, 0) is 24.6 Å². The number of aromatic nitrogens is 1. The van der Waals surface area contributed by atoms with Crippen LogP contribution in [0.5, 0.6) is 0 Å². The van der Waals surface area contributed by atoms with Gasteiger partial charge in [0, 0.05) is 11.4 Å². The van der Waals surface area contributed by atoms with E-state index in [9.17, 15) is 18.3 Å². The summed E-state index contributed by atoms with van der Waals surface area (Å²) in [6.45, 7) is 1.70. The third-order valence-corrected chi connectivity index (χ3v) is 6.30. The summed E-state index contributed by atoms with van der Waals surface area (Å²) in [4.78, 5) is 17.2. The Morgan fingerprint density at radius 3 is 2.36 bits per heavy atom. The number of hydrogen-bond donors (Lipinski definition) is 3. The van der Waals surface area contributed by atoms with E-state index >= 15 is 0 Å². The van der Waals surface area contributed by atoms with Gasteiger partial charge in [0.25, 0.3) is 15.9 Å². The zero-order valence-electron chi connectivity index (χ0n) is 15.0. The second-order valence-electron chi connectivity index (χ2n) is 5.98. The molecule has 0 radical (unpaired) electrons. The lowest BCUT2D eigenvalue weighted by Crippen LogP contribution is -2.29. The van der Waals surface area contributed by atoms with Crippen molar-refractivity contribution in [2.45, 2.75) is 17.9 Å². The molecule has 0 aliphatic rings. The molecule has 2 aromatic carbocycles. The van der Waals surface area contributed by atoms with E-state index in [4.69, 9.17) is 0 Å². The molecule has 1 heterocycles.